The Balaban J connectivity index is 0.00000361. The Bertz CT molecular complexity index is 426. The molecule has 0 heterocycles. The Morgan fingerprint density at radius 1 is 1.35 bits per heavy atom. The SMILES string of the molecule is CCC(C)NC(=NC)NCCS(=O)c1ccccc1.I. The van der Waals surface area contributed by atoms with Crippen LogP contribution in [0, 0.1) is 0 Å². The predicted octanol–water partition coefficient (Wildman–Crippen LogP) is 2.38. The lowest BCUT2D eigenvalue weighted by Gasteiger charge is -2.16. The number of guanidine groups is 1. The summed E-state index contributed by atoms with van der Waals surface area (Å²) in [6.07, 6.45) is 1.04. The number of nitrogens with one attached hydrogen (secondary N) is 2. The van der Waals surface area contributed by atoms with Crippen LogP contribution in [0.4, 0.5) is 0 Å². The van der Waals surface area contributed by atoms with E-state index in [9.17, 15) is 4.21 Å². The van der Waals surface area contributed by atoms with Crippen molar-refractivity contribution in [1.29, 1.82) is 0 Å². The van der Waals surface area contributed by atoms with Gasteiger partial charge in [-0.15, -0.1) is 24.0 Å². The van der Waals surface area contributed by atoms with Crippen LogP contribution in [-0.4, -0.2) is 35.6 Å². The van der Waals surface area contributed by atoms with Gasteiger partial charge in [0.15, 0.2) is 5.96 Å². The molecule has 0 amide bonds. The summed E-state index contributed by atoms with van der Waals surface area (Å²) in [7, 11) is 0.780. The molecular weight excluding hydrogens is 385 g/mol. The minimum atomic E-state index is -0.962. The van der Waals surface area contributed by atoms with Gasteiger partial charge in [0.05, 0.1) is 10.8 Å². The fourth-order valence-corrected chi connectivity index (χ4v) is 2.47. The zero-order valence-electron chi connectivity index (χ0n) is 12.3. The molecule has 1 aromatic rings. The average molecular weight is 409 g/mol. The van der Waals surface area contributed by atoms with Crippen LogP contribution in [0.3, 0.4) is 0 Å². The topological polar surface area (TPSA) is 53.5 Å². The molecule has 20 heavy (non-hydrogen) atoms. The average Bonchev–Trinajstić information content (AvgIpc) is 2.46. The Morgan fingerprint density at radius 3 is 2.55 bits per heavy atom. The largest absolute Gasteiger partial charge is 0.355 e. The van der Waals surface area contributed by atoms with Crippen LogP contribution in [0.1, 0.15) is 20.3 Å². The van der Waals surface area contributed by atoms with Crippen LogP contribution in [0.15, 0.2) is 40.2 Å². The van der Waals surface area contributed by atoms with Gasteiger partial charge in [0.25, 0.3) is 0 Å². The van der Waals surface area contributed by atoms with E-state index in [1.807, 2.05) is 30.3 Å². The van der Waals surface area contributed by atoms with Crippen molar-refractivity contribution in [3.63, 3.8) is 0 Å². The van der Waals surface area contributed by atoms with Gasteiger partial charge in [0.1, 0.15) is 0 Å². The normalized spacial score (nSPS) is 14.1. The molecule has 1 rings (SSSR count). The van der Waals surface area contributed by atoms with Crippen molar-refractivity contribution in [2.75, 3.05) is 19.3 Å². The lowest BCUT2D eigenvalue weighted by atomic mass is 10.3. The van der Waals surface area contributed by atoms with Crippen molar-refractivity contribution in [2.24, 2.45) is 4.99 Å². The second kappa shape index (κ2) is 11.1. The fourth-order valence-electron chi connectivity index (χ4n) is 1.48. The lowest BCUT2D eigenvalue weighted by Crippen LogP contribution is -2.43. The first kappa shape index (κ1) is 19.4. The summed E-state index contributed by atoms with van der Waals surface area (Å²) in [5.41, 5.74) is 0. The van der Waals surface area contributed by atoms with Crippen LogP contribution >= 0.6 is 24.0 Å². The van der Waals surface area contributed by atoms with Gasteiger partial charge >= 0.3 is 0 Å². The van der Waals surface area contributed by atoms with Crippen molar-refractivity contribution >= 4 is 40.7 Å². The van der Waals surface area contributed by atoms with Crippen molar-refractivity contribution in [1.82, 2.24) is 10.6 Å². The summed E-state index contributed by atoms with van der Waals surface area (Å²) in [5.74, 6) is 1.34. The molecule has 0 aliphatic rings. The first-order valence-corrected chi connectivity index (χ1v) is 7.89. The Hall–Kier alpha value is -0.630. The van der Waals surface area contributed by atoms with Crippen molar-refractivity contribution in [3.05, 3.63) is 30.3 Å². The van der Waals surface area contributed by atoms with Crippen LogP contribution in [0.25, 0.3) is 0 Å². The quantitative estimate of drug-likeness (QED) is 0.431. The smallest absolute Gasteiger partial charge is 0.191 e. The summed E-state index contributed by atoms with van der Waals surface area (Å²) in [6, 6.07) is 9.90. The number of hydrogen-bond acceptors (Lipinski definition) is 2. The van der Waals surface area contributed by atoms with Gasteiger partial charge in [0, 0.05) is 30.3 Å². The molecule has 4 nitrogen and oxygen atoms in total. The van der Waals surface area contributed by atoms with Crippen LogP contribution in [0.5, 0.6) is 0 Å². The summed E-state index contributed by atoms with van der Waals surface area (Å²) < 4.78 is 12.0. The van der Waals surface area contributed by atoms with E-state index in [0.29, 0.717) is 18.3 Å². The first-order chi connectivity index (χ1) is 9.17. The molecule has 0 saturated heterocycles. The molecule has 0 saturated carbocycles. The summed E-state index contributed by atoms with van der Waals surface area (Å²) in [4.78, 5) is 5.01. The number of benzene rings is 1. The number of rotatable bonds is 6. The maximum absolute atomic E-state index is 12.0. The Kier molecular flexibility index (Phi) is 10.7. The van der Waals surface area contributed by atoms with E-state index in [4.69, 9.17) is 0 Å². The second-order valence-electron chi connectivity index (χ2n) is 4.32. The van der Waals surface area contributed by atoms with Crippen molar-refractivity contribution < 1.29 is 4.21 Å². The summed E-state index contributed by atoms with van der Waals surface area (Å²) in [6.45, 7) is 4.86. The number of nitrogens with zero attached hydrogens (tertiary/aromatic N) is 1. The van der Waals surface area contributed by atoms with Crippen LogP contribution in [-0.2, 0) is 10.8 Å². The molecule has 2 unspecified atom stereocenters. The highest BCUT2D eigenvalue weighted by molar-refractivity contribution is 14.0. The molecule has 0 aliphatic heterocycles. The van der Waals surface area contributed by atoms with E-state index in [0.717, 1.165) is 17.3 Å². The number of aliphatic imine (C=N–C) groups is 1. The number of hydrogen-bond donors (Lipinski definition) is 2. The zero-order valence-corrected chi connectivity index (χ0v) is 15.4. The molecule has 0 fully saturated rings. The van der Waals surface area contributed by atoms with Gasteiger partial charge in [-0.25, -0.2) is 0 Å². The third-order valence-corrected chi connectivity index (χ3v) is 4.18. The van der Waals surface area contributed by atoms with Crippen LogP contribution < -0.4 is 10.6 Å². The monoisotopic (exact) mass is 409 g/mol. The van der Waals surface area contributed by atoms with E-state index in [-0.39, 0.29) is 24.0 Å². The predicted molar refractivity (Wildman–Crippen MR) is 97.4 cm³/mol. The highest BCUT2D eigenvalue weighted by Crippen LogP contribution is 2.04. The van der Waals surface area contributed by atoms with E-state index in [1.165, 1.54) is 0 Å². The second-order valence-corrected chi connectivity index (χ2v) is 5.89. The molecule has 2 N–H and O–H groups in total. The van der Waals surface area contributed by atoms with Crippen LogP contribution in [0.2, 0.25) is 0 Å². The molecule has 0 aromatic heterocycles. The van der Waals surface area contributed by atoms with E-state index in [1.54, 1.807) is 7.05 Å². The minimum Gasteiger partial charge on any atom is -0.355 e. The van der Waals surface area contributed by atoms with Gasteiger partial charge in [-0.05, 0) is 25.5 Å². The highest BCUT2D eigenvalue weighted by Gasteiger charge is 2.05. The van der Waals surface area contributed by atoms with Gasteiger partial charge in [0.2, 0.25) is 0 Å². The fraction of sp³-hybridized carbons (Fsp3) is 0.500. The summed E-state index contributed by atoms with van der Waals surface area (Å²) in [5, 5.41) is 6.45. The van der Waals surface area contributed by atoms with Crippen molar-refractivity contribution in [2.45, 2.75) is 31.2 Å². The zero-order chi connectivity index (χ0) is 14.1. The molecule has 0 radical (unpaired) electrons. The van der Waals surface area contributed by atoms with Gasteiger partial charge in [-0.3, -0.25) is 9.20 Å². The minimum absolute atomic E-state index is 0. The molecule has 1 aromatic carbocycles. The maximum atomic E-state index is 12.0. The standard InChI is InChI=1S/C14H23N3OS.HI/c1-4-12(2)17-14(15-3)16-10-11-19(18)13-8-6-5-7-9-13;/h5-9,12H,4,10-11H2,1-3H3,(H2,15,16,17);1H. The van der Waals surface area contributed by atoms with Gasteiger partial charge in [-0.2, -0.15) is 0 Å². The third-order valence-electron chi connectivity index (χ3n) is 2.81. The van der Waals surface area contributed by atoms with Gasteiger partial charge < -0.3 is 10.6 Å². The van der Waals surface area contributed by atoms with Gasteiger partial charge in [-0.1, -0.05) is 25.1 Å². The molecule has 0 aliphatic carbocycles. The van der Waals surface area contributed by atoms with Crippen molar-refractivity contribution in [3.8, 4) is 0 Å². The van der Waals surface area contributed by atoms with E-state index >= 15 is 0 Å². The first-order valence-electron chi connectivity index (χ1n) is 6.58. The molecule has 114 valence electrons. The maximum Gasteiger partial charge on any atom is 0.191 e. The van der Waals surface area contributed by atoms with E-state index in [2.05, 4.69) is 29.5 Å². The molecular formula is C14H24IN3OS. The molecule has 0 spiro atoms. The Morgan fingerprint density at radius 2 is 2.00 bits per heavy atom. The number of halogens is 1. The highest BCUT2D eigenvalue weighted by atomic mass is 127. The van der Waals surface area contributed by atoms with E-state index < -0.39 is 10.8 Å². The summed E-state index contributed by atoms with van der Waals surface area (Å²) >= 11 is 0. The Labute approximate surface area is 141 Å². The lowest BCUT2D eigenvalue weighted by molar-refractivity contribution is 0.626. The molecule has 0 bridgehead atoms. The molecule has 6 heteroatoms. The molecule has 2 atom stereocenters. The third kappa shape index (κ3) is 7.23.